The van der Waals surface area contributed by atoms with Gasteiger partial charge in [0, 0.05) is 35.3 Å². The Morgan fingerprint density at radius 1 is 1.03 bits per heavy atom. The van der Waals surface area contributed by atoms with Crippen LogP contribution in [0.15, 0.2) is 59.6 Å². The number of aromatic nitrogens is 1. The van der Waals surface area contributed by atoms with Crippen LogP contribution in [0, 0.1) is 0 Å². The summed E-state index contributed by atoms with van der Waals surface area (Å²) in [4.78, 5) is 38.0. The molecule has 156 valence electrons. The maximum Gasteiger partial charge on any atom is 0.321 e. The van der Waals surface area contributed by atoms with Crippen LogP contribution in [-0.2, 0) is 24.3 Å². The third kappa shape index (κ3) is 5.10. The van der Waals surface area contributed by atoms with Crippen molar-refractivity contribution in [3.05, 3.63) is 60.3 Å². The van der Waals surface area contributed by atoms with Crippen LogP contribution >= 0.6 is 0 Å². The maximum absolute atomic E-state index is 12.3. The zero-order valence-corrected chi connectivity index (χ0v) is 16.8. The molecule has 30 heavy (non-hydrogen) atoms. The lowest BCUT2D eigenvalue weighted by atomic mass is 10.1. The van der Waals surface area contributed by atoms with Crippen LogP contribution in [0.4, 0.5) is 5.69 Å². The van der Waals surface area contributed by atoms with Gasteiger partial charge < -0.3 is 15.0 Å². The predicted octanol–water partition coefficient (Wildman–Crippen LogP) is 1.83. The van der Waals surface area contributed by atoms with E-state index in [0.29, 0.717) is 16.6 Å². The predicted molar refractivity (Wildman–Crippen MR) is 110 cm³/mol. The summed E-state index contributed by atoms with van der Waals surface area (Å²) in [5.41, 5.74) is 1.61. The molecule has 0 unspecified atom stereocenters. The van der Waals surface area contributed by atoms with Crippen molar-refractivity contribution in [1.82, 2.24) is 9.71 Å². The summed E-state index contributed by atoms with van der Waals surface area (Å²) < 4.78 is 31.5. The molecular formula is C20H19N3O6S. The van der Waals surface area contributed by atoms with Crippen molar-refractivity contribution in [2.75, 3.05) is 18.5 Å². The highest BCUT2D eigenvalue weighted by molar-refractivity contribution is 7.89. The number of H-pyrrole nitrogens is 1. The highest BCUT2D eigenvalue weighted by Crippen LogP contribution is 2.18. The smallest absolute Gasteiger partial charge is 0.321 e. The second-order valence-corrected chi connectivity index (χ2v) is 8.13. The highest BCUT2D eigenvalue weighted by Gasteiger charge is 2.18. The maximum atomic E-state index is 12.3. The van der Waals surface area contributed by atoms with Gasteiger partial charge in [-0.15, -0.1) is 0 Å². The molecule has 0 bridgehead atoms. The molecule has 0 spiro atoms. The number of fused-ring (bicyclic) bond motifs is 1. The molecule has 0 aliphatic rings. The number of ketones is 1. The molecule has 0 saturated heterocycles. The van der Waals surface area contributed by atoms with Crippen molar-refractivity contribution in [1.29, 1.82) is 0 Å². The van der Waals surface area contributed by atoms with Gasteiger partial charge in [-0.25, -0.2) is 8.42 Å². The van der Waals surface area contributed by atoms with Gasteiger partial charge in [-0.3, -0.25) is 14.4 Å². The number of hydrogen-bond acceptors (Lipinski definition) is 6. The van der Waals surface area contributed by atoms with E-state index in [1.165, 1.54) is 37.4 Å². The van der Waals surface area contributed by atoms with E-state index in [9.17, 15) is 22.8 Å². The standard InChI is InChI=1S/C20H19N3O6S/c1-13(24)23-14-6-8-15(9-7-14)30(27,28)22-11-20(26)29-12-19(25)17-10-21-18-5-3-2-4-16(17)18/h2-10,21-22H,11-12H2,1H3,(H,23,24). The first-order valence-corrected chi connectivity index (χ1v) is 10.4. The molecule has 3 aromatic rings. The quantitative estimate of drug-likeness (QED) is 0.369. The van der Waals surface area contributed by atoms with E-state index in [1.807, 2.05) is 12.1 Å². The molecular weight excluding hydrogens is 410 g/mol. The van der Waals surface area contributed by atoms with Crippen LogP contribution in [0.3, 0.4) is 0 Å². The molecule has 0 fully saturated rings. The summed E-state index contributed by atoms with van der Waals surface area (Å²) in [5, 5.41) is 3.23. The minimum absolute atomic E-state index is 0.0840. The number of anilines is 1. The van der Waals surface area contributed by atoms with Crippen LogP contribution in [0.1, 0.15) is 17.3 Å². The van der Waals surface area contributed by atoms with Gasteiger partial charge in [0.15, 0.2) is 6.61 Å². The molecule has 3 rings (SSSR count). The molecule has 0 aliphatic carbocycles. The number of ether oxygens (including phenoxy) is 1. The zero-order chi connectivity index (χ0) is 21.7. The van der Waals surface area contributed by atoms with Gasteiger partial charge in [0.25, 0.3) is 0 Å². The van der Waals surface area contributed by atoms with Crippen molar-refractivity contribution < 1.29 is 27.5 Å². The van der Waals surface area contributed by atoms with E-state index in [1.54, 1.807) is 12.1 Å². The van der Waals surface area contributed by atoms with E-state index in [4.69, 9.17) is 4.74 Å². The minimum Gasteiger partial charge on any atom is -0.456 e. The number of carbonyl (C=O) groups is 3. The minimum atomic E-state index is -3.96. The van der Waals surface area contributed by atoms with Crippen LogP contribution < -0.4 is 10.0 Å². The summed E-state index contributed by atoms with van der Waals surface area (Å²) in [7, 11) is -3.96. The van der Waals surface area contributed by atoms with E-state index < -0.39 is 34.9 Å². The van der Waals surface area contributed by atoms with Crippen molar-refractivity contribution in [2.45, 2.75) is 11.8 Å². The number of amides is 1. The molecule has 3 N–H and O–H groups in total. The molecule has 1 aromatic heterocycles. The fourth-order valence-corrected chi connectivity index (χ4v) is 3.70. The van der Waals surface area contributed by atoms with Crippen LogP contribution in [0.5, 0.6) is 0 Å². The fraction of sp³-hybridized carbons (Fsp3) is 0.150. The van der Waals surface area contributed by atoms with Gasteiger partial charge in [0.2, 0.25) is 21.7 Å². The van der Waals surface area contributed by atoms with Gasteiger partial charge in [0.05, 0.1) is 4.90 Å². The van der Waals surface area contributed by atoms with Crippen molar-refractivity contribution in [3.63, 3.8) is 0 Å². The van der Waals surface area contributed by atoms with Gasteiger partial charge >= 0.3 is 5.97 Å². The van der Waals surface area contributed by atoms with E-state index in [0.717, 1.165) is 5.52 Å². The lowest BCUT2D eigenvalue weighted by molar-refractivity contribution is -0.141. The average Bonchev–Trinajstić information content (AvgIpc) is 3.15. The van der Waals surface area contributed by atoms with E-state index in [2.05, 4.69) is 15.0 Å². The summed E-state index contributed by atoms with van der Waals surface area (Å²) in [6, 6.07) is 12.6. The average molecular weight is 429 g/mol. The van der Waals surface area contributed by atoms with Crippen molar-refractivity contribution >= 4 is 44.3 Å². The number of rotatable bonds is 8. The molecule has 9 nitrogen and oxygen atoms in total. The fourth-order valence-electron chi connectivity index (χ4n) is 2.73. The number of sulfonamides is 1. The number of benzene rings is 2. The first-order valence-electron chi connectivity index (χ1n) is 8.88. The second kappa shape index (κ2) is 8.89. The van der Waals surface area contributed by atoms with Crippen LogP contribution in [0.25, 0.3) is 10.9 Å². The summed E-state index contributed by atoms with van der Waals surface area (Å²) >= 11 is 0. The molecule has 1 amide bonds. The van der Waals surface area contributed by atoms with Crippen molar-refractivity contribution in [2.24, 2.45) is 0 Å². The summed E-state index contributed by atoms with van der Waals surface area (Å²) in [6.07, 6.45) is 1.54. The Labute approximate surface area is 172 Å². The Morgan fingerprint density at radius 2 is 1.73 bits per heavy atom. The Bertz CT molecular complexity index is 1200. The lowest BCUT2D eigenvalue weighted by Gasteiger charge is -2.08. The van der Waals surface area contributed by atoms with Gasteiger partial charge in [0.1, 0.15) is 6.54 Å². The Hall–Kier alpha value is -3.50. The lowest BCUT2D eigenvalue weighted by Crippen LogP contribution is -2.31. The van der Waals surface area contributed by atoms with Gasteiger partial charge in [-0.1, -0.05) is 18.2 Å². The third-order valence-corrected chi connectivity index (χ3v) is 5.56. The molecule has 0 aliphatic heterocycles. The number of esters is 1. The van der Waals surface area contributed by atoms with Crippen molar-refractivity contribution in [3.8, 4) is 0 Å². The van der Waals surface area contributed by atoms with Gasteiger partial charge in [-0.2, -0.15) is 4.72 Å². The molecule has 0 atom stereocenters. The normalized spacial score (nSPS) is 11.2. The monoisotopic (exact) mass is 429 g/mol. The van der Waals surface area contributed by atoms with Crippen LogP contribution in [0.2, 0.25) is 0 Å². The number of hydrogen-bond donors (Lipinski definition) is 3. The van der Waals surface area contributed by atoms with Crippen LogP contribution in [-0.4, -0.2) is 44.2 Å². The van der Waals surface area contributed by atoms with Gasteiger partial charge in [-0.05, 0) is 30.3 Å². The third-order valence-electron chi connectivity index (χ3n) is 4.15. The zero-order valence-electron chi connectivity index (χ0n) is 16.0. The Morgan fingerprint density at radius 3 is 2.43 bits per heavy atom. The summed E-state index contributed by atoms with van der Waals surface area (Å²) in [5.74, 6) is -1.58. The first kappa shape index (κ1) is 21.2. The number of Topliss-reactive ketones (excluding diaryl/α,β-unsaturated/α-hetero) is 1. The number of aromatic amines is 1. The molecule has 0 saturated carbocycles. The Balaban J connectivity index is 1.53. The molecule has 10 heteroatoms. The topological polar surface area (TPSA) is 134 Å². The van der Waals surface area contributed by atoms with E-state index in [-0.39, 0.29) is 10.8 Å². The second-order valence-electron chi connectivity index (χ2n) is 6.36. The molecule has 2 aromatic carbocycles. The molecule has 0 radical (unpaired) electrons. The highest BCUT2D eigenvalue weighted by atomic mass is 32.2. The Kier molecular flexibility index (Phi) is 6.28. The number of nitrogens with one attached hydrogen (secondary N) is 3. The first-order chi connectivity index (χ1) is 14.3. The number of carbonyl (C=O) groups excluding carboxylic acids is 3. The SMILES string of the molecule is CC(=O)Nc1ccc(S(=O)(=O)NCC(=O)OCC(=O)c2c[nH]c3ccccc23)cc1. The number of para-hydroxylation sites is 1. The van der Waals surface area contributed by atoms with E-state index >= 15 is 0 Å². The summed E-state index contributed by atoms with van der Waals surface area (Å²) in [6.45, 7) is 0.200. The molecule has 1 heterocycles. The largest absolute Gasteiger partial charge is 0.456 e.